The molecule has 0 saturated carbocycles. The first-order valence-electron chi connectivity index (χ1n) is 5.85. The van der Waals surface area contributed by atoms with Crippen molar-refractivity contribution in [3.8, 4) is 5.75 Å². The fourth-order valence-electron chi connectivity index (χ4n) is 1.72. The van der Waals surface area contributed by atoms with E-state index in [1.807, 2.05) is 0 Å². The molecular weight excluding hydrogens is 265 g/mol. The van der Waals surface area contributed by atoms with Crippen LogP contribution in [0.5, 0.6) is 5.75 Å². The Labute approximate surface area is 114 Å². The van der Waals surface area contributed by atoms with Gasteiger partial charge in [-0.3, -0.25) is 10.1 Å². The molecule has 0 heterocycles. The molecule has 0 aromatic heterocycles. The van der Waals surface area contributed by atoms with E-state index in [-0.39, 0.29) is 18.9 Å². The van der Waals surface area contributed by atoms with E-state index >= 15 is 0 Å². The van der Waals surface area contributed by atoms with Crippen molar-refractivity contribution in [1.29, 1.82) is 0 Å². The molecule has 0 aliphatic heterocycles. The van der Waals surface area contributed by atoms with Gasteiger partial charge in [0.25, 0.3) is 5.69 Å². The van der Waals surface area contributed by atoms with Crippen LogP contribution in [0.25, 0.3) is 0 Å². The molecule has 0 unspecified atom stereocenters. The van der Waals surface area contributed by atoms with Gasteiger partial charge in [0, 0.05) is 6.07 Å². The predicted octanol–water partition coefficient (Wildman–Crippen LogP) is 2.81. The summed E-state index contributed by atoms with van der Waals surface area (Å²) >= 11 is 0. The number of rotatable bonds is 5. The van der Waals surface area contributed by atoms with Crippen molar-refractivity contribution in [3.05, 3.63) is 69.5 Å². The number of ether oxygens (including phenoxy) is 1. The first-order chi connectivity index (χ1) is 9.58. The molecule has 0 atom stereocenters. The van der Waals surface area contributed by atoms with Gasteiger partial charge in [0.05, 0.1) is 17.6 Å². The summed E-state index contributed by atoms with van der Waals surface area (Å²) in [6, 6.07) is 10.1. The van der Waals surface area contributed by atoms with E-state index in [1.54, 1.807) is 24.3 Å². The summed E-state index contributed by atoms with van der Waals surface area (Å²) in [5, 5.41) is 19.6. The zero-order valence-corrected chi connectivity index (χ0v) is 10.5. The largest absolute Gasteiger partial charge is 0.489 e. The van der Waals surface area contributed by atoms with Crippen LogP contribution in [0.15, 0.2) is 42.5 Å². The Morgan fingerprint density at radius 1 is 1.20 bits per heavy atom. The Bertz CT molecular complexity index is 630. The van der Waals surface area contributed by atoms with Gasteiger partial charge in [0.2, 0.25) is 0 Å². The van der Waals surface area contributed by atoms with Gasteiger partial charge in [0.15, 0.2) is 0 Å². The smallest absolute Gasteiger partial charge is 0.272 e. The van der Waals surface area contributed by atoms with Crippen molar-refractivity contribution in [2.24, 2.45) is 0 Å². The molecule has 0 aliphatic rings. The summed E-state index contributed by atoms with van der Waals surface area (Å²) in [5.41, 5.74) is 0.742. The second-order valence-electron chi connectivity index (χ2n) is 4.17. The van der Waals surface area contributed by atoms with Crippen LogP contribution < -0.4 is 4.74 Å². The highest BCUT2D eigenvalue weighted by Crippen LogP contribution is 2.19. The summed E-state index contributed by atoms with van der Waals surface area (Å²) in [6.45, 7) is -0.101. The summed E-state index contributed by atoms with van der Waals surface area (Å²) in [5.74, 6) is -0.176. The third-order valence-corrected chi connectivity index (χ3v) is 2.64. The Kier molecular flexibility index (Phi) is 4.27. The van der Waals surface area contributed by atoms with Crippen LogP contribution in [0.1, 0.15) is 11.1 Å². The lowest BCUT2D eigenvalue weighted by Crippen LogP contribution is -1.99. The zero-order chi connectivity index (χ0) is 14.5. The number of aliphatic hydroxyl groups excluding tert-OH is 1. The van der Waals surface area contributed by atoms with E-state index in [2.05, 4.69) is 0 Å². The van der Waals surface area contributed by atoms with Gasteiger partial charge < -0.3 is 9.84 Å². The van der Waals surface area contributed by atoms with Crippen molar-refractivity contribution in [2.75, 3.05) is 0 Å². The van der Waals surface area contributed by atoms with Crippen molar-refractivity contribution < 1.29 is 19.2 Å². The van der Waals surface area contributed by atoms with E-state index in [0.717, 1.165) is 6.07 Å². The Balaban J connectivity index is 2.12. The molecule has 104 valence electrons. The van der Waals surface area contributed by atoms with Crippen LogP contribution in [-0.4, -0.2) is 10.0 Å². The van der Waals surface area contributed by atoms with Crippen LogP contribution in [0.2, 0.25) is 0 Å². The lowest BCUT2D eigenvalue weighted by Gasteiger charge is -2.07. The summed E-state index contributed by atoms with van der Waals surface area (Å²) in [7, 11) is 0. The van der Waals surface area contributed by atoms with Crippen LogP contribution in [0, 0.1) is 15.9 Å². The molecule has 0 fully saturated rings. The topological polar surface area (TPSA) is 72.6 Å². The SMILES string of the molecule is O=[N+]([O-])c1cc(F)cc(COc2cccc(CO)c2)c1. The van der Waals surface area contributed by atoms with Gasteiger partial charge in [-0.25, -0.2) is 4.39 Å². The summed E-state index contributed by atoms with van der Waals surface area (Å²) in [4.78, 5) is 9.98. The maximum Gasteiger partial charge on any atom is 0.272 e. The Hall–Kier alpha value is -2.47. The number of halogens is 1. The fourth-order valence-corrected chi connectivity index (χ4v) is 1.72. The van der Waals surface area contributed by atoms with Gasteiger partial charge >= 0.3 is 0 Å². The van der Waals surface area contributed by atoms with Crippen molar-refractivity contribution in [2.45, 2.75) is 13.2 Å². The average Bonchev–Trinajstić information content (AvgIpc) is 2.44. The van der Waals surface area contributed by atoms with Crippen LogP contribution in [0.4, 0.5) is 10.1 Å². The second kappa shape index (κ2) is 6.12. The highest BCUT2D eigenvalue weighted by Gasteiger charge is 2.10. The normalized spacial score (nSPS) is 10.3. The maximum atomic E-state index is 13.2. The number of nitro groups is 1. The van der Waals surface area contributed by atoms with Crippen molar-refractivity contribution in [3.63, 3.8) is 0 Å². The molecule has 0 spiro atoms. The molecule has 0 amide bonds. The minimum atomic E-state index is -0.679. The minimum absolute atomic E-state index is 0.00742. The van der Waals surface area contributed by atoms with Gasteiger partial charge in [-0.05, 0) is 29.3 Å². The molecule has 0 radical (unpaired) electrons. The molecular formula is C14H12FNO4. The molecule has 5 nitrogen and oxygen atoms in total. The highest BCUT2D eigenvalue weighted by molar-refractivity contribution is 5.35. The van der Waals surface area contributed by atoms with Crippen molar-refractivity contribution >= 4 is 5.69 Å². The number of hydrogen-bond acceptors (Lipinski definition) is 4. The van der Waals surface area contributed by atoms with E-state index in [4.69, 9.17) is 9.84 Å². The van der Waals surface area contributed by atoms with Gasteiger partial charge in [0.1, 0.15) is 18.2 Å². The average molecular weight is 277 g/mol. The molecule has 2 rings (SSSR count). The molecule has 0 bridgehead atoms. The zero-order valence-electron chi connectivity index (χ0n) is 10.5. The molecule has 0 aliphatic carbocycles. The quantitative estimate of drug-likeness (QED) is 0.673. The summed E-state index contributed by atoms with van der Waals surface area (Å²) in [6.07, 6.45) is 0. The van der Waals surface area contributed by atoms with Crippen LogP contribution in [-0.2, 0) is 13.2 Å². The highest BCUT2D eigenvalue weighted by atomic mass is 19.1. The molecule has 6 heteroatoms. The third-order valence-electron chi connectivity index (χ3n) is 2.64. The monoisotopic (exact) mass is 277 g/mol. The van der Waals surface area contributed by atoms with Gasteiger partial charge in [-0.2, -0.15) is 0 Å². The second-order valence-corrected chi connectivity index (χ2v) is 4.17. The number of benzene rings is 2. The van der Waals surface area contributed by atoms with E-state index in [9.17, 15) is 14.5 Å². The van der Waals surface area contributed by atoms with E-state index in [1.165, 1.54) is 12.1 Å². The minimum Gasteiger partial charge on any atom is -0.489 e. The Morgan fingerprint density at radius 2 is 2.00 bits per heavy atom. The maximum absolute atomic E-state index is 13.2. The lowest BCUT2D eigenvalue weighted by atomic mass is 10.2. The van der Waals surface area contributed by atoms with E-state index < -0.39 is 10.7 Å². The molecule has 0 saturated heterocycles. The fraction of sp³-hybridized carbons (Fsp3) is 0.143. The number of hydrogen-bond donors (Lipinski definition) is 1. The standard InChI is InChI=1S/C14H12FNO4/c15-12-4-11(5-13(7-12)16(18)19)9-20-14-3-1-2-10(6-14)8-17/h1-7,17H,8-9H2. The predicted molar refractivity (Wildman–Crippen MR) is 69.8 cm³/mol. The molecule has 20 heavy (non-hydrogen) atoms. The third kappa shape index (κ3) is 3.52. The number of non-ortho nitro benzene ring substituents is 1. The van der Waals surface area contributed by atoms with Crippen LogP contribution in [0.3, 0.4) is 0 Å². The number of nitrogens with zero attached hydrogens (tertiary/aromatic N) is 1. The van der Waals surface area contributed by atoms with Gasteiger partial charge in [-0.1, -0.05) is 12.1 Å². The Morgan fingerprint density at radius 3 is 2.70 bits per heavy atom. The molecule has 2 aromatic rings. The molecule has 1 N–H and O–H groups in total. The first-order valence-corrected chi connectivity index (χ1v) is 5.85. The first kappa shape index (κ1) is 14.0. The molecule has 2 aromatic carbocycles. The number of aliphatic hydroxyl groups is 1. The number of nitro benzene ring substituents is 1. The van der Waals surface area contributed by atoms with Crippen LogP contribution >= 0.6 is 0 Å². The van der Waals surface area contributed by atoms with Crippen molar-refractivity contribution in [1.82, 2.24) is 0 Å². The summed E-state index contributed by atoms with van der Waals surface area (Å²) < 4.78 is 18.7. The van der Waals surface area contributed by atoms with E-state index in [0.29, 0.717) is 16.9 Å². The lowest BCUT2D eigenvalue weighted by molar-refractivity contribution is -0.385. The van der Waals surface area contributed by atoms with Gasteiger partial charge in [-0.15, -0.1) is 0 Å².